The van der Waals surface area contributed by atoms with E-state index in [1.165, 1.54) is 0 Å². The summed E-state index contributed by atoms with van der Waals surface area (Å²) < 4.78 is 4.57. The number of hydrogen-bond donors (Lipinski definition) is 2. The van der Waals surface area contributed by atoms with Crippen molar-refractivity contribution < 1.29 is 9.53 Å². The van der Waals surface area contributed by atoms with E-state index >= 15 is 0 Å². The number of nitrogens with two attached hydrogens (primary N) is 2. The molecule has 1 rings (SSSR count). The Kier molecular flexibility index (Phi) is 6.08. The number of amides is 1. The standard InChI is InChI=1S/C9H11ClN2O2.ClH/c10-7-3-1-2-6(4-7)8(11)5-14-9(12)13;/h1-4,8H,5,11H2,(H2,12,13);1H. The van der Waals surface area contributed by atoms with Gasteiger partial charge >= 0.3 is 6.09 Å². The summed E-state index contributed by atoms with van der Waals surface area (Å²) in [5.74, 6) is 0. The molecule has 0 radical (unpaired) electrons. The van der Waals surface area contributed by atoms with Gasteiger partial charge in [0.25, 0.3) is 0 Å². The van der Waals surface area contributed by atoms with Gasteiger partial charge in [0.15, 0.2) is 0 Å². The van der Waals surface area contributed by atoms with Gasteiger partial charge in [-0.2, -0.15) is 0 Å². The highest BCUT2D eigenvalue weighted by molar-refractivity contribution is 6.30. The molecule has 1 amide bonds. The molecule has 15 heavy (non-hydrogen) atoms. The third-order valence-corrected chi connectivity index (χ3v) is 1.92. The zero-order valence-corrected chi connectivity index (χ0v) is 9.42. The first-order valence-corrected chi connectivity index (χ1v) is 4.40. The minimum atomic E-state index is -0.831. The molecule has 6 heteroatoms. The maximum absolute atomic E-state index is 10.3. The van der Waals surface area contributed by atoms with Crippen LogP contribution in [0.4, 0.5) is 4.79 Å². The topological polar surface area (TPSA) is 78.3 Å². The largest absolute Gasteiger partial charge is 0.448 e. The van der Waals surface area contributed by atoms with Crippen molar-refractivity contribution in [1.82, 2.24) is 0 Å². The lowest BCUT2D eigenvalue weighted by molar-refractivity contribution is 0.149. The quantitative estimate of drug-likeness (QED) is 0.860. The van der Waals surface area contributed by atoms with Gasteiger partial charge in [-0.15, -0.1) is 12.4 Å². The Morgan fingerprint density at radius 1 is 1.53 bits per heavy atom. The van der Waals surface area contributed by atoms with Crippen LogP contribution in [0, 0.1) is 0 Å². The van der Waals surface area contributed by atoms with Gasteiger partial charge in [0, 0.05) is 5.02 Å². The number of halogens is 2. The zero-order valence-electron chi connectivity index (χ0n) is 7.85. The van der Waals surface area contributed by atoms with E-state index in [1.54, 1.807) is 24.3 Å². The van der Waals surface area contributed by atoms with Crippen molar-refractivity contribution in [2.24, 2.45) is 11.5 Å². The summed E-state index contributed by atoms with van der Waals surface area (Å²) in [4.78, 5) is 10.3. The van der Waals surface area contributed by atoms with Crippen molar-refractivity contribution in [3.05, 3.63) is 34.9 Å². The van der Waals surface area contributed by atoms with Gasteiger partial charge in [-0.3, -0.25) is 0 Å². The molecule has 0 aliphatic rings. The predicted octanol–water partition coefficient (Wildman–Crippen LogP) is 1.86. The number of primary amides is 1. The molecule has 0 saturated heterocycles. The van der Waals surface area contributed by atoms with Gasteiger partial charge in [-0.05, 0) is 17.7 Å². The fourth-order valence-corrected chi connectivity index (χ4v) is 1.20. The van der Waals surface area contributed by atoms with Crippen molar-refractivity contribution in [3.8, 4) is 0 Å². The smallest absolute Gasteiger partial charge is 0.404 e. The van der Waals surface area contributed by atoms with E-state index < -0.39 is 12.1 Å². The number of ether oxygens (including phenoxy) is 1. The lowest BCUT2D eigenvalue weighted by Crippen LogP contribution is -2.22. The van der Waals surface area contributed by atoms with E-state index in [4.69, 9.17) is 23.1 Å². The van der Waals surface area contributed by atoms with Crippen LogP contribution in [0.25, 0.3) is 0 Å². The van der Waals surface area contributed by atoms with E-state index in [0.29, 0.717) is 5.02 Å². The van der Waals surface area contributed by atoms with Crippen LogP contribution in [0.2, 0.25) is 5.02 Å². The second kappa shape index (κ2) is 6.50. The molecule has 1 atom stereocenters. The van der Waals surface area contributed by atoms with Crippen LogP contribution in [0.1, 0.15) is 11.6 Å². The molecule has 0 aliphatic carbocycles. The maximum atomic E-state index is 10.3. The van der Waals surface area contributed by atoms with Gasteiger partial charge in [-0.1, -0.05) is 23.7 Å². The Labute approximate surface area is 98.9 Å². The van der Waals surface area contributed by atoms with Gasteiger partial charge in [0.2, 0.25) is 0 Å². The monoisotopic (exact) mass is 250 g/mol. The van der Waals surface area contributed by atoms with E-state index in [-0.39, 0.29) is 19.0 Å². The third-order valence-electron chi connectivity index (χ3n) is 1.68. The highest BCUT2D eigenvalue weighted by Gasteiger charge is 2.07. The molecule has 0 aliphatic heterocycles. The minimum Gasteiger partial charge on any atom is -0.448 e. The Hall–Kier alpha value is -0.970. The summed E-state index contributed by atoms with van der Waals surface area (Å²) in [5.41, 5.74) is 11.3. The van der Waals surface area contributed by atoms with E-state index in [9.17, 15) is 4.79 Å². The van der Waals surface area contributed by atoms with Crippen molar-refractivity contribution in [1.29, 1.82) is 0 Å². The first-order valence-electron chi connectivity index (χ1n) is 4.03. The summed E-state index contributed by atoms with van der Waals surface area (Å²) in [6, 6.07) is 6.65. The average molecular weight is 251 g/mol. The maximum Gasteiger partial charge on any atom is 0.404 e. The average Bonchev–Trinajstić information content (AvgIpc) is 2.14. The summed E-state index contributed by atoms with van der Waals surface area (Å²) in [5, 5.41) is 0.594. The molecular formula is C9H12Cl2N2O2. The second-order valence-electron chi connectivity index (χ2n) is 2.79. The van der Waals surface area contributed by atoms with Crippen LogP contribution in [0.15, 0.2) is 24.3 Å². The molecule has 0 bridgehead atoms. The molecule has 1 aromatic rings. The van der Waals surface area contributed by atoms with E-state index in [0.717, 1.165) is 5.56 Å². The van der Waals surface area contributed by atoms with E-state index in [1.807, 2.05) is 0 Å². The fraction of sp³-hybridized carbons (Fsp3) is 0.222. The molecule has 0 heterocycles. The molecule has 1 unspecified atom stereocenters. The highest BCUT2D eigenvalue weighted by atomic mass is 35.5. The van der Waals surface area contributed by atoms with Crippen LogP contribution < -0.4 is 11.5 Å². The molecule has 0 aromatic heterocycles. The first kappa shape index (κ1) is 14.0. The second-order valence-corrected chi connectivity index (χ2v) is 3.23. The third kappa shape index (κ3) is 4.88. The number of benzene rings is 1. The number of carbonyl (C=O) groups is 1. The first-order chi connectivity index (χ1) is 6.59. The molecule has 4 nitrogen and oxygen atoms in total. The van der Waals surface area contributed by atoms with Crippen LogP contribution in [0.3, 0.4) is 0 Å². The van der Waals surface area contributed by atoms with Crippen molar-refractivity contribution in [2.45, 2.75) is 6.04 Å². The van der Waals surface area contributed by atoms with Gasteiger partial charge in [0.1, 0.15) is 6.61 Å². The fourth-order valence-electron chi connectivity index (χ4n) is 1.01. The van der Waals surface area contributed by atoms with Crippen molar-refractivity contribution >= 4 is 30.1 Å². The summed E-state index contributed by atoms with van der Waals surface area (Å²) in [7, 11) is 0. The molecule has 0 spiro atoms. The summed E-state index contributed by atoms with van der Waals surface area (Å²) in [6.45, 7) is 0.0513. The molecular weight excluding hydrogens is 239 g/mol. The molecule has 4 N–H and O–H groups in total. The van der Waals surface area contributed by atoms with Crippen LogP contribution in [-0.4, -0.2) is 12.7 Å². The number of rotatable bonds is 3. The van der Waals surface area contributed by atoms with Crippen molar-refractivity contribution in [3.63, 3.8) is 0 Å². The van der Waals surface area contributed by atoms with Crippen LogP contribution >= 0.6 is 24.0 Å². The minimum absolute atomic E-state index is 0. The lowest BCUT2D eigenvalue weighted by atomic mass is 10.1. The Morgan fingerprint density at radius 2 is 2.20 bits per heavy atom. The Bertz CT molecular complexity index is 334. The molecule has 0 fully saturated rings. The Balaban J connectivity index is 0.00000196. The number of hydrogen-bond acceptors (Lipinski definition) is 3. The van der Waals surface area contributed by atoms with Crippen molar-refractivity contribution in [2.75, 3.05) is 6.61 Å². The van der Waals surface area contributed by atoms with Gasteiger partial charge in [0.05, 0.1) is 6.04 Å². The van der Waals surface area contributed by atoms with Crippen LogP contribution in [0.5, 0.6) is 0 Å². The normalized spacial score (nSPS) is 11.3. The number of carbonyl (C=O) groups excluding carboxylic acids is 1. The Morgan fingerprint density at radius 3 is 2.73 bits per heavy atom. The SMILES string of the molecule is Cl.NC(=O)OCC(N)c1cccc(Cl)c1. The molecule has 0 saturated carbocycles. The molecule has 1 aromatic carbocycles. The van der Waals surface area contributed by atoms with Crippen LogP contribution in [-0.2, 0) is 4.74 Å². The lowest BCUT2D eigenvalue weighted by Gasteiger charge is -2.11. The molecule has 84 valence electrons. The zero-order chi connectivity index (χ0) is 10.6. The highest BCUT2D eigenvalue weighted by Crippen LogP contribution is 2.16. The van der Waals surface area contributed by atoms with Gasteiger partial charge in [-0.25, -0.2) is 4.79 Å². The van der Waals surface area contributed by atoms with Gasteiger partial charge < -0.3 is 16.2 Å². The predicted molar refractivity (Wildman–Crippen MR) is 61.2 cm³/mol. The summed E-state index contributed by atoms with van der Waals surface area (Å²) in [6.07, 6.45) is -0.831. The van der Waals surface area contributed by atoms with E-state index in [2.05, 4.69) is 4.74 Å². The summed E-state index contributed by atoms with van der Waals surface area (Å²) >= 11 is 5.76.